The Hall–Kier alpha value is -1.03. The van der Waals surface area contributed by atoms with E-state index in [1.807, 2.05) is 0 Å². The first kappa shape index (κ1) is 14.9. The zero-order valence-electron chi connectivity index (χ0n) is 10.4. The Balaban J connectivity index is 1.88. The summed E-state index contributed by atoms with van der Waals surface area (Å²) in [6.07, 6.45) is 0. The van der Waals surface area contributed by atoms with Crippen molar-refractivity contribution in [3.63, 3.8) is 0 Å². The number of anilines is 2. The van der Waals surface area contributed by atoms with Gasteiger partial charge in [-0.2, -0.15) is 0 Å². The lowest BCUT2D eigenvalue weighted by Crippen LogP contribution is -2.19. The number of amides is 1. The molecule has 5 nitrogen and oxygen atoms in total. The minimum Gasteiger partial charge on any atom is -0.324 e. The predicted molar refractivity (Wildman–Crippen MR) is 88.6 cm³/mol. The SMILES string of the molecule is O=C1CSc2ccc(NS(=O)(=O)c3ccc(Br)s3)cc2N1. The van der Waals surface area contributed by atoms with Crippen LogP contribution in [0.4, 0.5) is 11.4 Å². The average Bonchev–Trinajstić information content (AvgIpc) is 2.85. The van der Waals surface area contributed by atoms with Crippen molar-refractivity contribution in [3.05, 3.63) is 34.1 Å². The van der Waals surface area contributed by atoms with E-state index in [1.165, 1.54) is 17.8 Å². The maximum atomic E-state index is 12.2. The molecule has 110 valence electrons. The minimum atomic E-state index is -3.61. The van der Waals surface area contributed by atoms with Gasteiger partial charge in [-0.25, -0.2) is 8.42 Å². The molecule has 0 radical (unpaired) electrons. The second-order valence-electron chi connectivity index (χ2n) is 4.21. The summed E-state index contributed by atoms with van der Waals surface area (Å²) in [5, 5.41) is 2.73. The second-order valence-corrected chi connectivity index (χ2v) is 9.60. The van der Waals surface area contributed by atoms with Crippen LogP contribution in [-0.2, 0) is 14.8 Å². The summed E-state index contributed by atoms with van der Waals surface area (Å²) in [6.45, 7) is 0. The van der Waals surface area contributed by atoms with Gasteiger partial charge in [0.2, 0.25) is 5.91 Å². The van der Waals surface area contributed by atoms with E-state index >= 15 is 0 Å². The zero-order chi connectivity index (χ0) is 15.0. The molecule has 1 aliphatic heterocycles. The van der Waals surface area contributed by atoms with Crippen LogP contribution < -0.4 is 10.0 Å². The smallest absolute Gasteiger partial charge is 0.271 e. The number of thioether (sulfide) groups is 1. The molecule has 0 bridgehead atoms. The highest BCUT2D eigenvalue weighted by Crippen LogP contribution is 2.34. The highest BCUT2D eigenvalue weighted by Gasteiger charge is 2.19. The lowest BCUT2D eigenvalue weighted by atomic mass is 10.3. The van der Waals surface area contributed by atoms with Gasteiger partial charge in [0.1, 0.15) is 4.21 Å². The Kier molecular flexibility index (Phi) is 4.00. The molecule has 0 unspecified atom stereocenters. The quantitative estimate of drug-likeness (QED) is 0.821. The fourth-order valence-corrected chi connectivity index (χ4v) is 5.64. The van der Waals surface area contributed by atoms with E-state index in [4.69, 9.17) is 0 Å². The molecular formula is C12H9BrN2O3S3. The van der Waals surface area contributed by atoms with Crippen molar-refractivity contribution in [3.8, 4) is 0 Å². The van der Waals surface area contributed by atoms with Gasteiger partial charge in [0.15, 0.2) is 0 Å². The molecule has 1 aromatic heterocycles. The lowest BCUT2D eigenvalue weighted by molar-refractivity contribution is -0.113. The Morgan fingerprint density at radius 2 is 2.05 bits per heavy atom. The third-order valence-electron chi connectivity index (χ3n) is 2.68. The Morgan fingerprint density at radius 3 is 2.76 bits per heavy atom. The molecule has 2 heterocycles. The molecule has 21 heavy (non-hydrogen) atoms. The van der Waals surface area contributed by atoms with Gasteiger partial charge in [0.05, 0.1) is 20.9 Å². The molecule has 0 fully saturated rings. The van der Waals surface area contributed by atoms with Crippen LogP contribution in [0.25, 0.3) is 0 Å². The maximum absolute atomic E-state index is 12.2. The predicted octanol–water partition coefficient (Wildman–Crippen LogP) is 3.36. The van der Waals surface area contributed by atoms with Crippen LogP contribution in [0.1, 0.15) is 0 Å². The first-order valence-electron chi connectivity index (χ1n) is 5.79. The molecule has 1 amide bonds. The number of hydrogen-bond acceptors (Lipinski definition) is 5. The van der Waals surface area contributed by atoms with Crippen LogP contribution in [-0.4, -0.2) is 20.1 Å². The number of halogens is 1. The maximum Gasteiger partial charge on any atom is 0.271 e. The monoisotopic (exact) mass is 404 g/mol. The number of thiophene rings is 1. The van der Waals surface area contributed by atoms with Gasteiger partial charge >= 0.3 is 0 Å². The van der Waals surface area contributed by atoms with Crippen LogP contribution >= 0.6 is 39.0 Å². The summed E-state index contributed by atoms with van der Waals surface area (Å²) in [4.78, 5) is 12.3. The largest absolute Gasteiger partial charge is 0.324 e. The molecule has 3 rings (SSSR count). The zero-order valence-corrected chi connectivity index (χ0v) is 14.5. The molecular weight excluding hydrogens is 396 g/mol. The normalized spacial score (nSPS) is 14.4. The van der Waals surface area contributed by atoms with Crippen molar-refractivity contribution in [2.24, 2.45) is 0 Å². The molecule has 0 aliphatic carbocycles. The third-order valence-corrected chi connectivity index (χ3v) is 7.25. The first-order chi connectivity index (χ1) is 9.94. The second kappa shape index (κ2) is 5.64. The van der Waals surface area contributed by atoms with Crippen molar-refractivity contribution in [2.75, 3.05) is 15.8 Å². The Morgan fingerprint density at radius 1 is 1.24 bits per heavy atom. The Bertz CT molecular complexity index is 817. The van der Waals surface area contributed by atoms with Crippen LogP contribution in [0.15, 0.2) is 43.2 Å². The summed E-state index contributed by atoms with van der Waals surface area (Å²) in [6, 6.07) is 8.32. The summed E-state index contributed by atoms with van der Waals surface area (Å²) < 4.78 is 28.0. The van der Waals surface area contributed by atoms with Crippen molar-refractivity contribution in [2.45, 2.75) is 9.10 Å². The number of carbonyl (C=O) groups is 1. The molecule has 9 heteroatoms. The van der Waals surface area contributed by atoms with Crippen molar-refractivity contribution >= 4 is 66.3 Å². The number of fused-ring (bicyclic) bond motifs is 1. The molecule has 0 saturated heterocycles. The summed E-state index contributed by atoms with van der Waals surface area (Å²) >= 11 is 5.81. The van der Waals surface area contributed by atoms with Crippen molar-refractivity contribution < 1.29 is 13.2 Å². The van der Waals surface area contributed by atoms with Crippen LogP contribution in [0, 0.1) is 0 Å². The number of rotatable bonds is 3. The van der Waals surface area contributed by atoms with Gasteiger partial charge in [-0.1, -0.05) is 0 Å². The van der Waals surface area contributed by atoms with Gasteiger partial charge in [-0.3, -0.25) is 9.52 Å². The molecule has 2 N–H and O–H groups in total. The number of hydrogen-bond donors (Lipinski definition) is 2. The fraction of sp³-hybridized carbons (Fsp3) is 0.0833. The van der Waals surface area contributed by atoms with E-state index in [0.29, 0.717) is 17.1 Å². The number of sulfonamides is 1. The molecule has 0 saturated carbocycles. The summed E-state index contributed by atoms with van der Waals surface area (Å²) in [5.41, 5.74) is 1.05. The van der Waals surface area contributed by atoms with E-state index < -0.39 is 10.0 Å². The topological polar surface area (TPSA) is 75.3 Å². The van der Waals surface area contributed by atoms with E-state index in [0.717, 1.165) is 20.0 Å². The molecule has 1 aromatic carbocycles. The van der Waals surface area contributed by atoms with Crippen LogP contribution in [0.2, 0.25) is 0 Å². The molecule has 0 atom stereocenters. The third kappa shape index (κ3) is 3.25. The molecule has 1 aliphatic rings. The highest BCUT2D eigenvalue weighted by molar-refractivity contribution is 9.11. The molecule has 2 aromatic rings. The summed E-state index contributed by atoms with van der Waals surface area (Å²) in [5.74, 6) is 0.288. The van der Waals surface area contributed by atoms with E-state index in [2.05, 4.69) is 26.0 Å². The van der Waals surface area contributed by atoms with Crippen molar-refractivity contribution in [1.82, 2.24) is 0 Å². The molecule has 0 spiro atoms. The Labute approximate surface area is 138 Å². The highest BCUT2D eigenvalue weighted by atomic mass is 79.9. The van der Waals surface area contributed by atoms with Gasteiger partial charge in [-0.15, -0.1) is 23.1 Å². The van der Waals surface area contributed by atoms with E-state index in [1.54, 1.807) is 24.3 Å². The van der Waals surface area contributed by atoms with Gasteiger partial charge in [0.25, 0.3) is 10.0 Å². The minimum absolute atomic E-state index is 0.0882. The lowest BCUT2D eigenvalue weighted by Gasteiger charge is -2.17. The van der Waals surface area contributed by atoms with Gasteiger partial charge in [-0.05, 0) is 46.3 Å². The average molecular weight is 405 g/mol. The number of benzene rings is 1. The van der Waals surface area contributed by atoms with Crippen LogP contribution in [0.5, 0.6) is 0 Å². The number of nitrogens with one attached hydrogen (secondary N) is 2. The van der Waals surface area contributed by atoms with Crippen molar-refractivity contribution in [1.29, 1.82) is 0 Å². The van der Waals surface area contributed by atoms with E-state index in [-0.39, 0.29) is 10.1 Å². The fourth-order valence-electron chi connectivity index (χ4n) is 1.79. The van der Waals surface area contributed by atoms with E-state index in [9.17, 15) is 13.2 Å². The number of carbonyl (C=O) groups excluding carboxylic acids is 1. The van der Waals surface area contributed by atoms with Crippen LogP contribution in [0.3, 0.4) is 0 Å². The van der Waals surface area contributed by atoms with Gasteiger partial charge < -0.3 is 5.32 Å². The standard InChI is InChI=1S/C12H9BrN2O3S3/c13-10-3-4-12(20-10)21(17,18)15-7-1-2-9-8(5-7)14-11(16)6-19-9/h1-5,15H,6H2,(H,14,16). The first-order valence-corrected chi connectivity index (χ1v) is 9.87. The van der Waals surface area contributed by atoms with Gasteiger partial charge in [0, 0.05) is 4.90 Å². The summed E-state index contributed by atoms with van der Waals surface area (Å²) in [7, 11) is -3.61.